The van der Waals surface area contributed by atoms with Crippen molar-refractivity contribution in [3.8, 4) is 67.3 Å². The van der Waals surface area contributed by atoms with Crippen LogP contribution in [0.5, 0.6) is 0 Å². The van der Waals surface area contributed by atoms with Crippen LogP contribution in [0.25, 0.3) is 89.2 Å². The van der Waals surface area contributed by atoms with Gasteiger partial charge < -0.3 is 4.42 Å². The van der Waals surface area contributed by atoms with Gasteiger partial charge >= 0.3 is 0 Å². The van der Waals surface area contributed by atoms with Crippen molar-refractivity contribution in [2.75, 3.05) is 0 Å². The molecule has 1 aliphatic carbocycles. The molecule has 10 aromatic rings. The topological polar surface area (TPSA) is 38.9 Å². The Bertz CT molecular complexity index is 3110. The maximum absolute atomic E-state index is 6.19. The number of nitrogens with zero attached hydrogens (tertiary/aromatic N) is 2. The summed E-state index contributed by atoms with van der Waals surface area (Å²) in [4.78, 5) is 10.2. The van der Waals surface area contributed by atoms with Gasteiger partial charge in [0, 0.05) is 32.9 Å². The molecule has 0 N–H and O–H groups in total. The van der Waals surface area contributed by atoms with Crippen LogP contribution in [0.1, 0.15) is 23.6 Å². The maximum Gasteiger partial charge on any atom is 0.160 e. The molecular formula is C54H36N2O. The van der Waals surface area contributed by atoms with Crippen LogP contribution >= 0.6 is 0 Å². The molecule has 0 aliphatic heterocycles. The first-order chi connectivity index (χ1) is 28.1. The van der Waals surface area contributed by atoms with Crippen molar-refractivity contribution >= 4 is 21.9 Å². The first-order valence-corrected chi connectivity index (χ1v) is 19.5. The highest BCUT2D eigenvalue weighted by Gasteiger charge is 2.40. The zero-order chi connectivity index (χ0) is 37.9. The van der Waals surface area contributed by atoms with Crippen LogP contribution in [-0.2, 0) is 5.41 Å². The zero-order valence-corrected chi connectivity index (χ0v) is 31.4. The first-order valence-electron chi connectivity index (χ1n) is 19.5. The molecule has 0 amide bonds. The molecule has 11 rings (SSSR count). The van der Waals surface area contributed by atoms with Crippen LogP contribution in [-0.4, -0.2) is 9.97 Å². The van der Waals surface area contributed by atoms with Crippen molar-refractivity contribution in [3.63, 3.8) is 0 Å². The number of furan rings is 1. The van der Waals surface area contributed by atoms with Gasteiger partial charge in [0.15, 0.2) is 5.82 Å². The second kappa shape index (κ2) is 13.1. The van der Waals surface area contributed by atoms with Gasteiger partial charge in [-0.25, -0.2) is 9.97 Å². The van der Waals surface area contributed by atoms with E-state index >= 15 is 0 Å². The Morgan fingerprint density at radius 1 is 0.386 bits per heavy atom. The lowest BCUT2D eigenvalue weighted by atomic mass is 9.74. The molecule has 3 heteroatoms. The van der Waals surface area contributed by atoms with Gasteiger partial charge in [0.1, 0.15) is 11.2 Å². The number of hydrogen-bond acceptors (Lipinski definition) is 3. The number of rotatable bonds is 6. The fourth-order valence-electron chi connectivity index (χ4n) is 8.88. The molecule has 2 heterocycles. The second-order valence-corrected chi connectivity index (χ2v) is 15.1. The predicted molar refractivity (Wildman–Crippen MR) is 234 cm³/mol. The number of fused-ring (bicyclic) bond motifs is 6. The Morgan fingerprint density at radius 2 is 0.947 bits per heavy atom. The van der Waals surface area contributed by atoms with Gasteiger partial charge in [-0.15, -0.1) is 0 Å². The molecule has 0 radical (unpaired) electrons. The lowest BCUT2D eigenvalue weighted by molar-refractivity contribution is 0.669. The molecule has 1 atom stereocenters. The smallest absolute Gasteiger partial charge is 0.160 e. The molecule has 2 aromatic heterocycles. The molecule has 1 unspecified atom stereocenters. The van der Waals surface area contributed by atoms with Gasteiger partial charge in [-0.2, -0.15) is 0 Å². The fourth-order valence-corrected chi connectivity index (χ4v) is 8.88. The first kappa shape index (κ1) is 33.0. The highest BCUT2D eigenvalue weighted by Crippen LogP contribution is 2.53. The highest BCUT2D eigenvalue weighted by molar-refractivity contribution is 6.12. The maximum atomic E-state index is 6.19. The lowest BCUT2D eigenvalue weighted by Crippen LogP contribution is -2.22. The molecule has 0 spiro atoms. The summed E-state index contributed by atoms with van der Waals surface area (Å²) in [6.45, 7) is 2.37. The largest absolute Gasteiger partial charge is 0.456 e. The third-order valence-corrected chi connectivity index (χ3v) is 11.8. The summed E-state index contributed by atoms with van der Waals surface area (Å²) in [5.41, 5.74) is 17.6. The normalized spacial score (nSPS) is 14.5. The van der Waals surface area contributed by atoms with E-state index in [9.17, 15) is 0 Å². The van der Waals surface area contributed by atoms with Crippen molar-refractivity contribution in [2.45, 2.75) is 12.3 Å². The third kappa shape index (κ3) is 5.43. The van der Waals surface area contributed by atoms with Gasteiger partial charge in [-0.05, 0) is 81.3 Å². The standard InChI is InChI=1S/C54H36N2O/c1-54(41-15-6-3-7-16-41)46-20-10-8-17-43(46)44-32-31-40(33-47(44)54)35-23-27-37(28-24-35)48-34-49(56-53(55-48)39-13-4-2-5-14-39)38-29-25-36(26-30-38)42-19-12-22-51-52(42)45-18-9-11-21-50(45)57-51/h2-34H,1H3. The molecule has 1 aliphatic rings. The van der Waals surface area contributed by atoms with Gasteiger partial charge in [-0.1, -0.05) is 176 Å². The van der Waals surface area contributed by atoms with Crippen LogP contribution in [0.15, 0.2) is 205 Å². The minimum atomic E-state index is -0.243. The average molecular weight is 729 g/mol. The van der Waals surface area contributed by atoms with E-state index in [0.29, 0.717) is 5.82 Å². The van der Waals surface area contributed by atoms with E-state index < -0.39 is 0 Å². The molecule has 0 saturated heterocycles. The van der Waals surface area contributed by atoms with Crippen molar-refractivity contribution < 1.29 is 4.42 Å². The number of benzene rings is 8. The van der Waals surface area contributed by atoms with E-state index in [2.05, 4.69) is 171 Å². The van der Waals surface area contributed by atoms with Crippen molar-refractivity contribution in [1.29, 1.82) is 0 Å². The molecule has 0 bridgehead atoms. The Morgan fingerprint density at radius 3 is 1.70 bits per heavy atom. The molecule has 0 saturated carbocycles. The Hall–Kier alpha value is -7.36. The van der Waals surface area contributed by atoms with Crippen LogP contribution < -0.4 is 0 Å². The minimum Gasteiger partial charge on any atom is -0.456 e. The van der Waals surface area contributed by atoms with Crippen LogP contribution in [0.4, 0.5) is 0 Å². The van der Waals surface area contributed by atoms with Crippen molar-refractivity contribution in [1.82, 2.24) is 9.97 Å². The Kier molecular flexibility index (Phi) is 7.61. The molecule has 8 aromatic carbocycles. The van der Waals surface area contributed by atoms with E-state index in [4.69, 9.17) is 14.4 Å². The number of hydrogen-bond donors (Lipinski definition) is 0. The summed E-state index contributed by atoms with van der Waals surface area (Å²) in [5, 5.41) is 2.26. The Balaban J connectivity index is 0.963. The minimum absolute atomic E-state index is 0.243. The van der Waals surface area contributed by atoms with Gasteiger partial charge in [0.25, 0.3) is 0 Å². The summed E-state index contributed by atoms with van der Waals surface area (Å²) < 4.78 is 6.19. The van der Waals surface area contributed by atoms with E-state index in [-0.39, 0.29) is 5.41 Å². The highest BCUT2D eigenvalue weighted by atomic mass is 16.3. The molecular weight excluding hydrogens is 693 g/mol. The van der Waals surface area contributed by atoms with Crippen LogP contribution in [0, 0.1) is 0 Å². The van der Waals surface area contributed by atoms with E-state index in [1.165, 1.54) is 38.9 Å². The SMILES string of the molecule is CC1(c2ccccc2)c2ccccc2-c2ccc(-c3ccc(-c4cc(-c5ccc(-c6cccc7oc8ccccc8c67)cc5)nc(-c5ccccc5)n4)cc3)cc21. The zero-order valence-electron chi connectivity index (χ0n) is 31.4. The number of aromatic nitrogens is 2. The van der Waals surface area contributed by atoms with E-state index in [1.54, 1.807) is 0 Å². The predicted octanol–water partition coefficient (Wildman–Crippen LogP) is 14.0. The molecule has 268 valence electrons. The van der Waals surface area contributed by atoms with Gasteiger partial charge in [0.2, 0.25) is 0 Å². The monoisotopic (exact) mass is 728 g/mol. The molecule has 0 fully saturated rings. The number of para-hydroxylation sites is 1. The molecule has 57 heavy (non-hydrogen) atoms. The summed E-state index contributed by atoms with van der Waals surface area (Å²) in [5.74, 6) is 0.698. The lowest BCUT2D eigenvalue weighted by Gasteiger charge is -2.28. The van der Waals surface area contributed by atoms with E-state index in [1.807, 2.05) is 36.4 Å². The average Bonchev–Trinajstić information content (AvgIpc) is 3.80. The van der Waals surface area contributed by atoms with E-state index in [0.717, 1.165) is 61.1 Å². The third-order valence-electron chi connectivity index (χ3n) is 11.8. The van der Waals surface area contributed by atoms with Crippen LogP contribution in [0.2, 0.25) is 0 Å². The van der Waals surface area contributed by atoms with Crippen molar-refractivity contribution in [2.24, 2.45) is 0 Å². The van der Waals surface area contributed by atoms with Gasteiger partial charge in [0.05, 0.1) is 11.4 Å². The second-order valence-electron chi connectivity index (χ2n) is 15.1. The summed E-state index contributed by atoms with van der Waals surface area (Å²) >= 11 is 0. The summed E-state index contributed by atoms with van der Waals surface area (Å²) in [6, 6.07) is 71.1. The summed E-state index contributed by atoms with van der Waals surface area (Å²) in [7, 11) is 0. The Labute approximate surface area is 331 Å². The van der Waals surface area contributed by atoms with Gasteiger partial charge in [-0.3, -0.25) is 0 Å². The quantitative estimate of drug-likeness (QED) is 0.171. The fraction of sp³-hybridized carbons (Fsp3) is 0.0370. The summed E-state index contributed by atoms with van der Waals surface area (Å²) in [6.07, 6.45) is 0. The molecule has 3 nitrogen and oxygen atoms in total. The van der Waals surface area contributed by atoms with Crippen LogP contribution in [0.3, 0.4) is 0 Å². The van der Waals surface area contributed by atoms with Crippen molar-refractivity contribution in [3.05, 3.63) is 217 Å².